The van der Waals surface area contributed by atoms with E-state index in [0.29, 0.717) is 24.1 Å². The molecule has 1 unspecified atom stereocenters. The lowest BCUT2D eigenvalue weighted by Crippen LogP contribution is -2.37. The highest BCUT2D eigenvalue weighted by molar-refractivity contribution is 7.47. The van der Waals surface area contributed by atoms with Crippen molar-refractivity contribution in [3.63, 3.8) is 0 Å². The second-order valence-corrected chi connectivity index (χ2v) is 23.6. The molecule has 68 heavy (non-hydrogen) atoms. The third-order valence-corrected chi connectivity index (χ3v) is 14.9. The summed E-state index contributed by atoms with van der Waals surface area (Å²) in [5.74, 6) is -0.304. The Morgan fingerprint density at radius 2 is 0.676 bits per heavy atom. The predicted octanol–water partition coefficient (Wildman–Crippen LogP) is 19.1. The van der Waals surface area contributed by atoms with Crippen LogP contribution >= 0.6 is 7.82 Å². The Morgan fingerprint density at radius 1 is 0.397 bits per heavy atom. The molecule has 8 nitrogen and oxygen atoms in total. The highest BCUT2D eigenvalue weighted by Gasteiger charge is 2.26. The Kier molecular flexibility index (Phi) is 52.4. The summed E-state index contributed by atoms with van der Waals surface area (Å²) < 4.78 is 35.2. The number of carbonyl (C=O) groups excluding carboxylic acids is 1. The van der Waals surface area contributed by atoms with Crippen LogP contribution < -0.4 is 0 Å². The lowest BCUT2D eigenvalue weighted by molar-refractivity contribution is -0.870. The molecule has 0 spiro atoms. The molecule has 2 atom stereocenters. The van der Waals surface area contributed by atoms with E-state index in [2.05, 4.69) is 13.8 Å². The summed E-state index contributed by atoms with van der Waals surface area (Å²) in [7, 11) is 1.69. The van der Waals surface area contributed by atoms with Gasteiger partial charge in [0.25, 0.3) is 0 Å². The van der Waals surface area contributed by atoms with Crippen LogP contribution in [-0.2, 0) is 27.9 Å². The summed E-state index contributed by atoms with van der Waals surface area (Å²) in [5, 5.41) is 0. The number of ether oxygens (including phenoxy) is 2. The van der Waals surface area contributed by atoms with Gasteiger partial charge < -0.3 is 18.9 Å². The first-order chi connectivity index (χ1) is 33.1. The van der Waals surface area contributed by atoms with E-state index >= 15 is 0 Å². The number of unbranched alkanes of at least 4 members (excludes halogenated alkanes) is 44. The van der Waals surface area contributed by atoms with Crippen LogP contribution in [0.2, 0.25) is 0 Å². The van der Waals surface area contributed by atoms with Gasteiger partial charge in [0, 0.05) is 13.0 Å². The molecule has 408 valence electrons. The zero-order valence-corrected chi connectivity index (χ0v) is 47.5. The molecule has 0 fully saturated rings. The summed E-state index contributed by atoms with van der Waals surface area (Å²) in [6, 6.07) is 0. The number of esters is 1. The lowest BCUT2D eigenvalue weighted by Gasteiger charge is -2.24. The summed E-state index contributed by atoms with van der Waals surface area (Å²) in [4.78, 5) is 23.0. The van der Waals surface area contributed by atoms with Crippen molar-refractivity contribution >= 4 is 13.8 Å². The normalized spacial score (nSPS) is 13.3. The van der Waals surface area contributed by atoms with Gasteiger partial charge in [0.15, 0.2) is 0 Å². The lowest BCUT2D eigenvalue weighted by atomic mass is 10.0. The fourth-order valence-corrected chi connectivity index (χ4v) is 10.0. The molecule has 0 aliphatic rings. The highest BCUT2D eigenvalue weighted by atomic mass is 31.2. The van der Waals surface area contributed by atoms with Crippen LogP contribution in [-0.4, -0.2) is 75.6 Å². The van der Waals surface area contributed by atoms with E-state index in [0.717, 1.165) is 32.1 Å². The number of carbonyl (C=O) groups is 1. The molecular weight excluding hydrogens is 866 g/mol. The third-order valence-electron chi connectivity index (χ3n) is 13.9. The van der Waals surface area contributed by atoms with Gasteiger partial charge in [-0.15, -0.1) is 0 Å². The van der Waals surface area contributed by atoms with E-state index < -0.39 is 13.9 Å². The molecule has 0 rings (SSSR count). The first kappa shape index (κ1) is 67.5. The van der Waals surface area contributed by atoms with Crippen molar-refractivity contribution in [1.29, 1.82) is 0 Å². The second kappa shape index (κ2) is 52.8. The molecule has 0 aromatic carbocycles. The maximum atomic E-state index is 12.8. The van der Waals surface area contributed by atoms with Crippen LogP contribution in [0.5, 0.6) is 0 Å². The Hall–Kier alpha value is -0.500. The van der Waals surface area contributed by atoms with Crippen molar-refractivity contribution in [3.8, 4) is 0 Å². The van der Waals surface area contributed by atoms with Gasteiger partial charge in [0.2, 0.25) is 0 Å². The van der Waals surface area contributed by atoms with E-state index in [1.807, 2.05) is 21.1 Å². The Balaban J connectivity index is 3.80. The zero-order valence-electron chi connectivity index (χ0n) is 46.6. The molecule has 0 bridgehead atoms. The molecule has 1 N–H and O–H groups in total. The highest BCUT2D eigenvalue weighted by Crippen LogP contribution is 2.43. The smallest absolute Gasteiger partial charge is 0.457 e. The summed E-state index contributed by atoms with van der Waals surface area (Å²) in [5.41, 5.74) is 0. The van der Waals surface area contributed by atoms with Gasteiger partial charge in [-0.05, 0) is 12.8 Å². The number of hydrogen-bond acceptors (Lipinski definition) is 6. The van der Waals surface area contributed by atoms with Gasteiger partial charge in [0.1, 0.15) is 19.3 Å². The number of hydrogen-bond donors (Lipinski definition) is 1. The monoisotopic (exact) mass is 987 g/mol. The van der Waals surface area contributed by atoms with Gasteiger partial charge in [0.05, 0.1) is 34.4 Å². The number of phosphoric acid groups is 1. The summed E-state index contributed by atoms with van der Waals surface area (Å²) in [6.45, 7) is 5.70. The molecule has 0 radical (unpaired) electrons. The molecule has 0 saturated heterocycles. The minimum absolute atomic E-state index is 0.0942. The molecule has 0 aromatic heterocycles. The molecule has 0 aromatic rings. The van der Waals surface area contributed by atoms with Gasteiger partial charge in [-0.1, -0.05) is 296 Å². The van der Waals surface area contributed by atoms with Crippen LogP contribution in [0.4, 0.5) is 0 Å². The molecule has 0 aliphatic heterocycles. The molecule has 0 heterocycles. The van der Waals surface area contributed by atoms with Crippen LogP contribution in [0.3, 0.4) is 0 Å². The topological polar surface area (TPSA) is 91.3 Å². The molecule has 0 saturated carbocycles. The van der Waals surface area contributed by atoms with Gasteiger partial charge in [-0.2, -0.15) is 0 Å². The first-order valence-corrected chi connectivity index (χ1v) is 31.8. The van der Waals surface area contributed by atoms with Crippen molar-refractivity contribution in [2.45, 2.75) is 322 Å². The van der Waals surface area contributed by atoms with Crippen LogP contribution in [0.1, 0.15) is 316 Å². The van der Waals surface area contributed by atoms with Crippen molar-refractivity contribution in [2.75, 3.05) is 54.1 Å². The second-order valence-electron chi connectivity index (χ2n) is 22.1. The SMILES string of the molecule is CCCCCCCCCCCCCCCCCCCCCCCCCCCCCCCCCCCCC(=O)O[C@H](COCCCCCCCCCCCCCC)COP(=O)(O)OCC[N+](C)(C)C. The van der Waals surface area contributed by atoms with E-state index in [1.54, 1.807) is 0 Å². The van der Waals surface area contributed by atoms with Crippen molar-refractivity contribution in [2.24, 2.45) is 0 Å². The Morgan fingerprint density at radius 3 is 0.971 bits per heavy atom. The average Bonchev–Trinajstić information content (AvgIpc) is 3.30. The zero-order chi connectivity index (χ0) is 49.8. The van der Waals surface area contributed by atoms with E-state index in [4.69, 9.17) is 18.5 Å². The van der Waals surface area contributed by atoms with Gasteiger partial charge >= 0.3 is 13.8 Å². The van der Waals surface area contributed by atoms with Crippen LogP contribution in [0.25, 0.3) is 0 Å². The van der Waals surface area contributed by atoms with Crippen LogP contribution in [0.15, 0.2) is 0 Å². The largest absolute Gasteiger partial charge is 0.472 e. The van der Waals surface area contributed by atoms with Crippen molar-refractivity contribution in [1.82, 2.24) is 0 Å². The van der Waals surface area contributed by atoms with Crippen LogP contribution in [0, 0.1) is 0 Å². The Bertz CT molecular complexity index is 1050. The average molecular weight is 988 g/mol. The van der Waals surface area contributed by atoms with Gasteiger partial charge in [-0.3, -0.25) is 13.8 Å². The minimum atomic E-state index is -4.27. The summed E-state index contributed by atoms with van der Waals surface area (Å²) in [6.07, 6.45) is 62.0. The number of nitrogens with zero attached hydrogens (tertiary/aromatic N) is 1. The molecule has 0 aliphatic carbocycles. The predicted molar refractivity (Wildman–Crippen MR) is 294 cm³/mol. The maximum absolute atomic E-state index is 12.8. The van der Waals surface area contributed by atoms with E-state index in [1.165, 1.54) is 263 Å². The number of phosphoric ester groups is 1. The number of likely N-dealkylation sites (N-methyl/N-ethyl adjacent to an activating group) is 1. The quantitative estimate of drug-likeness (QED) is 0.0281. The Labute approximate surface area is 425 Å². The fraction of sp³-hybridized carbons (Fsp3) is 0.983. The minimum Gasteiger partial charge on any atom is -0.457 e. The van der Waals surface area contributed by atoms with E-state index in [-0.39, 0.29) is 25.8 Å². The van der Waals surface area contributed by atoms with E-state index in [9.17, 15) is 14.3 Å². The molecule has 9 heteroatoms. The third kappa shape index (κ3) is 56.4. The number of quaternary nitrogens is 1. The summed E-state index contributed by atoms with van der Waals surface area (Å²) >= 11 is 0. The van der Waals surface area contributed by atoms with Crippen molar-refractivity contribution < 1.29 is 37.3 Å². The fourth-order valence-electron chi connectivity index (χ4n) is 9.26. The molecule has 0 amide bonds. The first-order valence-electron chi connectivity index (χ1n) is 30.3. The standard InChI is InChI=1S/C59H120NO7P/c1-6-8-10-12-14-16-18-20-21-22-23-24-25-26-27-28-29-30-31-32-33-34-35-36-37-38-39-40-41-42-44-46-48-50-52-59(61)67-58(57-66-68(62,63)65-55-53-60(3,4)5)56-64-54-51-49-47-45-43-19-17-15-13-11-9-7-2/h58H,6-57H2,1-5H3/p+1/t58-/m1/s1. The number of rotatable bonds is 58. The maximum Gasteiger partial charge on any atom is 0.472 e. The van der Waals surface area contributed by atoms with Gasteiger partial charge in [-0.25, -0.2) is 4.57 Å². The molecular formula is C59H121NO7P+. The van der Waals surface area contributed by atoms with Crippen molar-refractivity contribution in [3.05, 3.63) is 0 Å².